The predicted octanol–water partition coefficient (Wildman–Crippen LogP) is 3.09. The van der Waals surface area contributed by atoms with Crippen LogP contribution in [-0.4, -0.2) is 43.4 Å². The van der Waals surface area contributed by atoms with Crippen LogP contribution in [0.15, 0.2) is 42.6 Å². The molecule has 0 radical (unpaired) electrons. The van der Waals surface area contributed by atoms with Crippen molar-refractivity contribution in [1.29, 1.82) is 5.26 Å². The Hall–Kier alpha value is -3.83. The van der Waals surface area contributed by atoms with Crippen LogP contribution in [0.5, 0.6) is 5.75 Å². The third-order valence-corrected chi connectivity index (χ3v) is 5.96. The van der Waals surface area contributed by atoms with E-state index in [1.807, 2.05) is 29.2 Å². The molecule has 3 aromatic rings. The van der Waals surface area contributed by atoms with Gasteiger partial charge in [-0.2, -0.15) is 5.26 Å². The average molecular weight is 430 g/mol. The van der Waals surface area contributed by atoms with Crippen LogP contribution < -0.4 is 15.4 Å². The number of nitriles is 1. The van der Waals surface area contributed by atoms with Crippen molar-refractivity contribution in [1.82, 2.24) is 4.98 Å². The van der Waals surface area contributed by atoms with Gasteiger partial charge in [0.2, 0.25) is 0 Å². The van der Waals surface area contributed by atoms with Gasteiger partial charge >= 0.3 is 5.97 Å². The van der Waals surface area contributed by atoms with E-state index in [-0.39, 0.29) is 12.1 Å². The van der Waals surface area contributed by atoms with Gasteiger partial charge in [-0.05, 0) is 17.7 Å². The predicted molar refractivity (Wildman–Crippen MR) is 119 cm³/mol. The van der Waals surface area contributed by atoms with Crippen LogP contribution in [-0.2, 0) is 20.7 Å². The number of carbonyl (C=O) groups excluding carboxylic acids is 1. The molecule has 2 aliphatic rings. The zero-order chi connectivity index (χ0) is 22.2. The number of hydrogen-bond donors (Lipinski definition) is 1. The molecule has 1 saturated heterocycles. The van der Waals surface area contributed by atoms with Crippen LogP contribution in [0.1, 0.15) is 17.5 Å². The molecule has 2 N–H and O–H groups in total. The molecular weight excluding hydrogens is 408 g/mol. The van der Waals surface area contributed by atoms with E-state index < -0.39 is 6.04 Å². The lowest BCUT2D eigenvalue weighted by Crippen LogP contribution is -2.36. The van der Waals surface area contributed by atoms with Crippen molar-refractivity contribution in [3.63, 3.8) is 0 Å². The number of nitrogens with two attached hydrogens (primary N) is 1. The number of carbonyl (C=O) groups is 1. The van der Waals surface area contributed by atoms with Crippen molar-refractivity contribution >= 4 is 33.9 Å². The first-order chi connectivity index (χ1) is 15.6. The topological polar surface area (TPSA) is 111 Å². The number of ether oxygens (including phenoxy) is 3. The summed E-state index contributed by atoms with van der Waals surface area (Å²) in [6.45, 7) is 1.18. The van der Waals surface area contributed by atoms with Crippen molar-refractivity contribution in [2.75, 3.05) is 31.0 Å². The first-order valence-electron chi connectivity index (χ1n) is 10.4. The molecule has 3 heterocycles. The van der Waals surface area contributed by atoms with Crippen LogP contribution in [0.4, 0.5) is 17.1 Å². The molecule has 0 bridgehead atoms. The fraction of sp³-hybridized carbons (Fsp3) is 0.292. The number of hydrogen-bond acceptors (Lipinski definition) is 8. The second-order valence-corrected chi connectivity index (χ2v) is 7.88. The summed E-state index contributed by atoms with van der Waals surface area (Å²) < 4.78 is 16.5. The first-order valence-corrected chi connectivity index (χ1v) is 10.4. The number of pyridine rings is 1. The minimum atomic E-state index is -0.595. The zero-order valence-electron chi connectivity index (χ0n) is 17.6. The maximum absolute atomic E-state index is 12.7. The number of esters is 1. The number of fused-ring (bicyclic) bond motifs is 2. The molecule has 162 valence electrons. The molecule has 5 rings (SSSR count). The highest BCUT2D eigenvalue weighted by Crippen LogP contribution is 2.44. The maximum Gasteiger partial charge on any atom is 0.329 e. The molecule has 2 atom stereocenters. The van der Waals surface area contributed by atoms with Gasteiger partial charge in [0.05, 0.1) is 42.8 Å². The Morgan fingerprint density at radius 2 is 2.19 bits per heavy atom. The van der Waals surface area contributed by atoms with E-state index in [1.54, 1.807) is 12.1 Å². The van der Waals surface area contributed by atoms with E-state index in [0.29, 0.717) is 53.2 Å². The Balaban J connectivity index is 1.69. The highest BCUT2D eigenvalue weighted by molar-refractivity contribution is 6.02. The number of para-hydroxylation sites is 1. The molecule has 0 spiro atoms. The van der Waals surface area contributed by atoms with Gasteiger partial charge in [0.15, 0.2) is 0 Å². The lowest BCUT2D eigenvalue weighted by atomic mass is 10.1. The van der Waals surface area contributed by atoms with E-state index >= 15 is 0 Å². The molecule has 0 aliphatic carbocycles. The van der Waals surface area contributed by atoms with Crippen LogP contribution in [0.2, 0.25) is 0 Å². The SMILES string of the molecule is COC(=O)C1Cc2ccccc2N1c1c(C#N)cnc2cc(OC3CCOC3)c(N)cc12. The monoisotopic (exact) mass is 430 g/mol. The Labute approximate surface area is 185 Å². The van der Waals surface area contributed by atoms with Crippen molar-refractivity contribution in [3.8, 4) is 11.8 Å². The van der Waals surface area contributed by atoms with Gasteiger partial charge in [0, 0.05) is 36.2 Å². The Bertz CT molecular complexity index is 1250. The Kier molecular flexibility index (Phi) is 5.04. The molecule has 0 saturated carbocycles. The summed E-state index contributed by atoms with van der Waals surface area (Å²) in [4.78, 5) is 19.0. The van der Waals surface area contributed by atoms with Crippen LogP contribution in [0.3, 0.4) is 0 Å². The minimum absolute atomic E-state index is 0.0539. The number of benzene rings is 2. The average Bonchev–Trinajstić information content (AvgIpc) is 3.46. The second kappa shape index (κ2) is 8.02. The molecule has 2 unspecified atom stereocenters. The first kappa shape index (κ1) is 20.1. The number of nitrogen functional groups attached to an aromatic ring is 1. The summed E-state index contributed by atoms with van der Waals surface area (Å²) in [6, 6.07) is 12.9. The van der Waals surface area contributed by atoms with Crippen molar-refractivity contribution in [2.45, 2.75) is 25.0 Å². The van der Waals surface area contributed by atoms with Gasteiger partial charge in [-0.15, -0.1) is 0 Å². The molecule has 1 aromatic heterocycles. The van der Waals surface area contributed by atoms with Gasteiger partial charge in [0.1, 0.15) is 24.0 Å². The quantitative estimate of drug-likeness (QED) is 0.497. The molecule has 1 fully saturated rings. The van der Waals surface area contributed by atoms with Gasteiger partial charge < -0.3 is 24.8 Å². The van der Waals surface area contributed by atoms with Crippen LogP contribution >= 0.6 is 0 Å². The van der Waals surface area contributed by atoms with E-state index in [9.17, 15) is 10.1 Å². The third-order valence-electron chi connectivity index (χ3n) is 5.96. The summed E-state index contributed by atoms with van der Waals surface area (Å²) in [5, 5.41) is 10.5. The molecule has 8 nitrogen and oxygen atoms in total. The number of methoxy groups -OCH3 is 1. The second-order valence-electron chi connectivity index (χ2n) is 7.88. The summed E-state index contributed by atoms with van der Waals surface area (Å²) in [5.74, 6) is 0.159. The van der Waals surface area contributed by atoms with Crippen molar-refractivity contribution < 1.29 is 19.0 Å². The molecule has 0 amide bonds. The maximum atomic E-state index is 12.7. The summed E-state index contributed by atoms with van der Waals surface area (Å²) in [7, 11) is 1.37. The zero-order valence-corrected chi connectivity index (χ0v) is 17.6. The summed E-state index contributed by atoms with van der Waals surface area (Å²) >= 11 is 0. The summed E-state index contributed by atoms with van der Waals surface area (Å²) in [6.07, 6.45) is 2.75. The molecule has 2 aliphatic heterocycles. The molecule has 32 heavy (non-hydrogen) atoms. The molecule has 8 heteroatoms. The molecular formula is C24H22N4O4. The van der Waals surface area contributed by atoms with E-state index in [1.165, 1.54) is 13.3 Å². The standard InChI is InChI=1S/C24H22N4O4/c1-30-24(29)21-8-14-4-2-3-5-20(14)28(21)23-15(11-25)12-27-19-10-22(18(26)9-17(19)23)32-16-6-7-31-13-16/h2-5,9-10,12,16,21H,6-8,13,26H2,1H3. The van der Waals surface area contributed by atoms with Crippen LogP contribution in [0.25, 0.3) is 10.9 Å². The van der Waals surface area contributed by atoms with Gasteiger partial charge in [-0.3, -0.25) is 4.98 Å². The fourth-order valence-corrected chi connectivity index (χ4v) is 4.44. The normalized spacial score (nSPS) is 19.6. The smallest absolute Gasteiger partial charge is 0.329 e. The highest BCUT2D eigenvalue weighted by atomic mass is 16.5. The Morgan fingerprint density at radius 1 is 1.34 bits per heavy atom. The van der Waals surface area contributed by atoms with Gasteiger partial charge in [-0.1, -0.05) is 18.2 Å². The number of nitrogens with zero attached hydrogens (tertiary/aromatic N) is 3. The van der Waals surface area contributed by atoms with E-state index in [0.717, 1.165) is 17.7 Å². The fourth-order valence-electron chi connectivity index (χ4n) is 4.44. The van der Waals surface area contributed by atoms with Crippen molar-refractivity contribution in [2.24, 2.45) is 0 Å². The summed E-state index contributed by atoms with van der Waals surface area (Å²) in [5.41, 5.74) is 10.2. The molecule has 2 aromatic carbocycles. The van der Waals surface area contributed by atoms with E-state index in [2.05, 4.69) is 11.1 Å². The van der Waals surface area contributed by atoms with Crippen LogP contribution in [0, 0.1) is 11.3 Å². The number of anilines is 3. The largest absolute Gasteiger partial charge is 0.486 e. The minimum Gasteiger partial charge on any atom is -0.486 e. The number of rotatable bonds is 4. The number of aromatic nitrogens is 1. The van der Waals surface area contributed by atoms with E-state index in [4.69, 9.17) is 19.9 Å². The van der Waals surface area contributed by atoms with Gasteiger partial charge in [0.25, 0.3) is 0 Å². The lowest BCUT2D eigenvalue weighted by molar-refractivity contribution is -0.141. The van der Waals surface area contributed by atoms with Crippen molar-refractivity contribution in [3.05, 3.63) is 53.7 Å². The highest BCUT2D eigenvalue weighted by Gasteiger charge is 2.38. The lowest BCUT2D eigenvalue weighted by Gasteiger charge is -2.28. The van der Waals surface area contributed by atoms with Gasteiger partial charge in [-0.25, -0.2) is 4.79 Å². The third kappa shape index (κ3) is 3.27. The Morgan fingerprint density at radius 3 is 2.94 bits per heavy atom.